The van der Waals surface area contributed by atoms with E-state index in [-0.39, 0.29) is 11.9 Å². The second-order valence-electron chi connectivity index (χ2n) is 7.79. The first-order chi connectivity index (χ1) is 13.6. The van der Waals surface area contributed by atoms with Crippen molar-refractivity contribution < 1.29 is 4.79 Å². The number of carbonyl (C=O) groups is 1. The van der Waals surface area contributed by atoms with Gasteiger partial charge < -0.3 is 16.0 Å². The van der Waals surface area contributed by atoms with Crippen molar-refractivity contribution in [2.75, 3.05) is 33.2 Å². The molecule has 2 saturated heterocycles. The third kappa shape index (κ3) is 5.61. The zero-order valence-corrected chi connectivity index (χ0v) is 17.6. The second kappa shape index (κ2) is 10.1. The highest BCUT2D eigenvalue weighted by Gasteiger charge is 2.30. The molecule has 3 atom stereocenters. The Kier molecular flexibility index (Phi) is 7.57. The summed E-state index contributed by atoms with van der Waals surface area (Å²) in [7, 11) is 2.19. The molecular formula is C21H32ClN5O. The summed E-state index contributed by atoms with van der Waals surface area (Å²) in [4.78, 5) is 18.7. The third-order valence-corrected chi connectivity index (χ3v) is 5.87. The average molecular weight is 406 g/mol. The van der Waals surface area contributed by atoms with Gasteiger partial charge in [0, 0.05) is 43.2 Å². The maximum atomic E-state index is 11.4. The number of nitrogens with one attached hydrogen (secondary N) is 3. The number of hydrogen-bond donors (Lipinski definition) is 3. The molecule has 3 N–H and O–H groups in total. The zero-order chi connectivity index (χ0) is 19.9. The number of piperidine rings is 2. The van der Waals surface area contributed by atoms with Crippen LogP contribution in [0.5, 0.6) is 0 Å². The monoisotopic (exact) mass is 405 g/mol. The van der Waals surface area contributed by atoms with Crippen LogP contribution in [0.2, 0.25) is 5.02 Å². The fourth-order valence-corrected chi connectivity index (χ4v) is 4.44. The summed E-state index contributed by atoms with van der Waals surface area (Å²) >= 11 is 6.25. The van der Waals surface area contributed by atoms with E-state index < -0.39 is 0 Å². The molecule has 0 saturated carbocycles. The molecule has 1 aromatic rings. The lowest BCUT2D eigenvalue weighted by Crippen LogP contribution is -2.51. The molecule has 3 unspecified atom stereocenters. The van der Waals surface area contributed by atoms with Gasteiger partial charge in [0.05, 0.1) is 0 Å². The highest BCUT2D eigenvalue weighted by Crippen LogP contribution is 2.36. The lowest BCUT2D eigenvalue weighted by molar-refractivity contribution is -0.122. The Morgan fingerprint density at radius 2 is 2.25 bits per heavy atom. The van der Waals surface area contributed by atoms with Gasteiger partial charge in [0.25, 0.3) is 0 Å². The van der Waals surface area contributed by atoms with E-state index in [1.807, 2.05) is 12.1 Å². The first kappa shape index (κ1) is 20.9. The molecule has 1 aromatic carbocycles. The quantitative estimate of drug-likeness (QED) is 0.520. The van der Waals surface area contributed by atoms with E-state index in [2.05, 4.69) is 47.0 Å². The van der Waals surface area contributed by atoms with Crippen LogP contribution in [0, 0.1) is 5.92 Å². The van der Waals surface area contributed by atoms with Crippen LogP contribution in [0.1, 0.15) is 44.2 Å². The maximum absolute atomic E-state index is 11.4. The number of likely N-dealkylation sites (tertiary alicyclic amines) is 1. The van der Waals surface area contributed by atoms with Crippen LogP contribution in [0.4, 0.5) is 0 Å². The molecule has 6 nitrogen and oxygen atoms in total. The highest BCUT2D eigenvalue weighted by atomic mass is 35.5. The van der Waals surface area contributed by atoms with Crippen molar-refractivity contribution in [3.63, 3.8) is 0 Å². The SMILES string of the molecule is CCNC(=NCC1CCCN(C)C1c1cccc(Cl)c1)NC1CCC(=O)NC1. The maximum Gasteiger partial charge on any atom is 0.220 e. The molecule has 3 rings (SSSR count). The van der Waals surface area contributed by atoms with E-state index in [0.29, 0.717) is 24.9 Å². The van der Waals surface area contributed by atoms with E-state index in [1.54, 1.807) is 0 Å². The molecule has 2 aliphatic heterocycles. The summed E-state index contributed by atoms with van der Waals surface area (Å²) in [6, 6.07) is 8.77. The van der Waals surface area contributed by atoms with Gasteiger partial charge in [-0.1, -0.05) is 23.7 Å². The lowest BCUT2D eigenvalue weighted by Gasteiger charge is -2.39. The van der Waals surface area contributed by atoms with Gasteiger partial charge in [-0.05, 0) is 63.4 Å². The topological polar surface area (TPSA) is 68.8 Å². The van der Waals surface area contributed by atoms with Gasteiger partial charge in [-0.3, -0.25) is 14.7 Å². The molecule has 2 heterocycles. The van der Waals surface area contributed by atoms with Gasteiger partial charge >= 0.3 is 0 Å². The molecule has 0 spiro atoms. The van der Waals surface area contributed by atoms with E-state index in [0.717, 1.165) is 43.5 Å². The number of aliphatic imine (C=N–C) groups is 1. The van der Waals surface area contributed by atoms with Crippen molar-refractivity contribution in [2.24, 2.45) is 10.9 Å². The minimum atomic E-state index is 0.134. The van der Waals surface area contributed by atoms with Crippen molar-refractivity contribution in [1.29, 1.82) is 0 Å². The number of halogens is 1. The van der Waals surface area contributed by atoms with Crippen molar-refractivity contribution in [1.82, 2.24) is 20.9 Å². The Morgan fingerprint density at radius 1 is 1.39 bits per heavy atom. The molecule has 0 radical (unpaired) electrons. The predicted molar refractivity (Wildman–Crippen MR) is 115 cm³/mol. The molecule has 0 aromatic heterocycles. The number of nitrogens with zero attached hydrogens (tertiary/aromatic N) is 2. The van der Waals surface area contributed by atoms with Crippen LogP contribution >= 0.6 is 11.6 Å². The van der Waals surface area contributed by atoms with Crippen molar-refractivity contribution >= 4 is 23.5 Å². The number of rotatable bonds is 5. The normalized spacial score (nSPS) is 26.6. The summed E-state index contributed by atoms with van der Waals surface area (Å²) < 4.78 is 0. The average Bonchev–Trinajstić information content (AvgIpc) is 2.68. The Bertz CT molecular complexity index is 685. The Hall–Kier alpha value is -1.79. The van der Waals surface area contributed by atoms with Gasteiger partial charge in [0.2, 0.25) is 5.91 Å². The van der Waals surface area contributed by atoms with Crippen LogP contribution in [-0.2, 0) is 4.79 Å². The first-order valence-electron chi connectivity index (χ1n) is 10.3. The van der Waals surface area contributed by atoms with Crippen LogP contribution in [0.15, 0.2) is 29.3 Å². The summed E-state index contributed by atoms with van der Waals surface area (Å²) in [6.45, 7) is 5.39. The van der Waals surface area contributed by atoms with Crippen molar-refractivity contribution in [3.05, 3.63) is 34.9 Å². The molecule has 28 heavy (non-hydrogen) atoms. The Labute approximate surface area is 173 Å². The van der Waals surface area contributed by atoms with E-state index in [4.69, 9.17) is 16.6 Å². The number of hydrogen-bond acceptors (Lipinski definition) is 3. The standard InChI is InChI=1S/C21H32ClN5O/c1-3-23-21(26-18-9-10-19(28)24-14-18)25-13-16-7-5-11-27(2)20(16)15-6-4-8-17(22)12-15/h4,6,8,12,16,18,20H,3,5,7,9-11,13-14H2,1-2H3,(H,24,28)(H2,23,25,26). The predicted octanol–water partition coefficient (Wildman–Crippen LogP) is 2.56. The van der Waals surface area contributed by atoms with E-state index in [9.17, 15) is 4.79 Å². The number of guanidine groups is 1. The summed E-state index contributed by atoms with van der Waals surface area (Å²) in [5.41, 5.74) is 1.27. The minimum absolute atomic E-state index is 0.134. The first-order valence-corrected chi connectivity index (χ1v) is 10.7. The summed E-state index contributed by atoms with van der Waals surface area (Å²) in [6.07, 6.45) is 3.76. The number of benzene rings is 1. The molecule has 1 amide bonds. The van der Waals surface area contributed by atoms with Gasteiger partial charge in [-0.15, -0.1) is 0 Å². The molecule has 2 aliphatic rings. The minimum Gasteiger partial charge on any atom is -0.357 e. The number of amides is 1. The zero-order valence-electron chi connectivity index (χ0n) is 16.9. The third-order valence-electron chi connectivity index (χ3n) is 5.63. The van der Waals surface area contributed by atoms with Gasteiger partial charge in [0.1, 0.15) is 0 Å². The van der Waals surface area contributed by atoms with Gasteiger partial charge in [0.15, 0.2) is 5.96 Å². The largest absolute Gasteiger partial charge is 0.357 e. The van der Waals surface area contributed by atoms with Gasteiger partial charge in [-0.25, -0.2) is 0 Å². The van der Waals surface area contributed by atoms with Crippen LogP contribution < -0.4 is 16.0 Å². The number of carbonyl (C=O) groups excluding carboxylic acids is 1. The van der Waals surface area contributed by atoms with Crippen LogP contribution in [0.3, 0.4) is 0 Å². The van der Waals surface area contributed by atoms with Crippen molar-refractivity contribution in [3.8, 4) is 0 Å². The molecule has 154 valence electrons. The molecule has 0 bridgehead atoms. The smallest absolute Gasteiger partial charge is 0.220 e. The second-order valence-corrected chi connectivity index (χ2v) is 8.22. The molecule has 0 aliphatic carbocycles. The van der Waals surface area contributed by atoms with E-state index in [1.165, 1.54) is 12.0 Å². The van der Waals surface area contributed by atoms with Crippen LogP contribution in [0.25, 0.3) is 0 Å². The summed E-state index contributed by atoms with van der Waals surface area (Å²) in [5.74, 6) is 1.41. The molecular weight excluding hydrogens is 374 g/mol. The fraction of sp³-hybridized carbons (Fsp3) is 0.619. The lowest BCUT2D eigenvalue weighted by atomic mass is 9.85. The Balaban J connectivity index is 1.69. The van der Waals surface area contributed by atoms with Crippen LogP contribution in [-0.4, -0.2) is 56.0 Å². The molecule has 2 fully saturated rings. The summed E-state index contributed by atoms with van der Waals surface area (Å²) in [5, 5.41) is 10.5. The van der Waals surface area contributed by atoms with Gasteiger partial charge in [-0.2, -0.15) is 0 Å². The fourth-order valence-electron chi connectivity index (χ4n) is 4.25. The van der Waals surface area contributed by atoms with Crippen molar-refractivity contribution in [2.45, 2.75) is 44.7 Å². The molecule has 7 heteroatoms. The highest BCUT2D eigenvalue weighted by molar-refractivity contribution is 6.30. The van der Waals surface area contributed by atoms with E-state index >= 15 is 0 Å². The Morgan fingerprint density at radius 3 is 2.96 bits per heavy atom.